The lowest BCUT2D eigenvalue weighted by atomic mass is 10.1. The first kappa shape index (κ1) is 15.1. The van der Waals surface area contributed by atoms with E-state index < -0.39 is 0 Å². The van der Waals surface area contributed by atoms with Gasteiger partial charge in [0.05, 0.1) is 11.3 Å². The summed E-state index contributed by atoms with van der Waals surface area (Å²) in [4.78, 5) is 18.1. The van der Waals surface area contributed by atoms with Gasteiger partial charge in [-0.3, -0.25) is 9.78 Å². The Morgan fingerprint density at radius 3 is 2.71 bits per heavy atom. The number of carbonyl (C=O) groups is 1. The first-order valence-electron chi connectivity index (χ1n) is 6.71. The maximum Gasteiger partial charge on any atom is 0.252 e. The van der Waals surface area contributed by atoms with Crippen LogP contribution < -0.4 is 5.32 Å². The van der Waals surface area contributed by atoms with Crippen LogP contribution in [0.5, 0.6) is 0 Å². The number of hydrogen-bond donors (Lipinski definition) is 1. The summed E-state index contributed by atoms with van der Waals surface area (Å²) in [6.45, 7) is 1.36. The van der Waals surface area contributed by atoms with Gasteiger partial charge in [0.1, 0.15) is 5.82 Å². The van der Waals surface area contributed by atoms with Crippen LogP contribution in [-0.2, 0) is 0 Å². The number of amides is 1. The van der Waals surface area contributed by atoms with Crippen molar-refractivity contribution in [1.29, 1.82) is 0 Å². The lowest BCUT2D eigenvalue weighted by Crippen LogP contribution is -2.31. The summed E-state index contributed by atoms with van der Waals surface area (Å²) in [5.41, 5.74) is 1.82. The second kappa shape index (κ2) is 6.95. The molecule has 2 aromatic rings. The minimum atomic E-state index is -0.306. The fourth-order valence-electron chi connectivity index (χ4n) is 1.84. The standard InChI is InChI=1S/C16H18FN3O/c1-20(2)9-8-18-16(21)13-6-7-15(19-11-13)12-4-3-5-14(17)10-12/h3-7,10-11H,8-9H2,1-2H3,(H,18,21). The van der Waals surface area contributed by atoms with Gasteiger partial charge in [-0.05, 0) is 38.4 Å². The zero-order valence-electron chi connectivity index (χ0n) is 12.1. The van der Waals surface area contributed by atoms with E-state index in [9.17, 15) is 9.18 Å². The summed E-state index contributed by atoms with van der Waals surface area (Å²) in [6.07, 6.45) is 1.51. The summed E-state index contributed by atoms with van der Waals surface area (Å²) in [6, 6.07) is 9.62. The van der Waals surface area contributed by atoms with Crippen LogP contribution in [-0.4, -0.2) is 43.0 Å². The van der Waals surface area contributed by atoms with Crippen molar-refractivity contribution in [3.05, 3.63) is 54.0 Å². The maximum atomic E-state index is 13.2. The van der Waals surface area contributed by atoms with Crippen LogP contribution in [0.3, 0.4) is 0 Å². The fourth-order valence-corrected chi connectivity index (χ4v) is 1.84. The van der Waals surface area contributed by atoms with Crippen molar-refractivity contribution in [2.45, 2.75) is 0 Å². The van der Waals surface area contributed by atoms with Crippen molar-refractivity contribution in [2.24, 2.45) is 0 Å². The van der Waals surface area contributed by atoms with Crippen LogP contribution in [0.15, 0.2) is 42.6 Å². The molecule has 0 atom stereocenters. The van der Waals surface area contributed by atoms with Crippen molar-refractivity contribution in [1.82, 2.24) is 15.2 Å². The van der Waals surface area contributed by atoms with E-state index in [0.717, 1.165) is 6.54 Å². The van der Waals surface area contributed by atoms with E-state index in [0.29, 0.717) is 23.4 Å². The third-order valence-corrected chi connectivity index (χ3v) is 2.99. The second-order valence-corrected chi connectivity index (χ2v) is 5.00. The number of halogens is 1. The van der Waals surface area contributed by atoms with Gasteiger partial charge in [-0.1, -0.05) is 12.1 Å². The van der Waals surface area contributed by atoms with Crippen molar-refractivity contribution in [3.63, 3.8) is 0 Å². The SMILES string of the molecule is CN(C)CCNC(=O)c1ccc(-c2cccc(F)c2)nc1. The number of nitrogens with zero attached hydrogens (tertiary/aromatic N) is 2. The van der Waals surface area contributed by atoms with Crippen LogP contribution in [0.2, 0.25) is 0 Å². The summed E-state index contributed by atoms with van der Waals surface area (Å²) in [7, 11) is 3.89. The van der Waals surface area contributed by atoms with Gasteiger partial charge in [-0.15, -0.1) is 0 Å². The number of pyridine rings is 1. The number of benzene rings is 1. The van der Waals surface area contributed by atoms with Gasteiger partial charge in [-0.25, -0.2) is 4.39 Å². The summed E-state index contributed by atoms with van der Waals surface area (Å²) in [5.74, 6) is -0.463. The Morgan fingerprint density at radius 2 is 2.10 bits per heavy atom. The third-order valence-electron chi connectivity index (χ3n) is 2.99. The molecule has 0 radical (unpaired) electrons. The first-order chi connectivity index (χ1) is 10.1. The Bertz CT molecular complexity index is 611. The van der Waals surface area contributed by atoms with E-state index in [1.807, 2.05) is 19.0 Å². The summed E-state index contributed by atoms with van der Waals surface area (Å²) < 4.78 is 13.2. The zero-order chi connectivity index (χ0) is 15.2. The van der Waals surface area contributed by atoms with Gasteiger partial charge in [0, 0.05) is 24.8 Å². The molecule has 0 aliphatic heterocycles. The lowest BCUT2D eigenvalue weighted by molar-refractivity contribution is 0.0950. The molecule has 5 heteroatoms. The Hall–Kier alpha value is -2.27. The number of aromatic nitrogens is 1. The molecule has 1 aromatic carbocycles. The molecule has 110 valence electrons. The van der Waals surface area contributed by atoms with Gasteiger partial charge < -0.3 is 10.2 Å². The molecule has 0 spiro atoms. The number of likely N-dealkylation sites (N-methyl/N-ethyl adjacent to an activating group) is 1. The normalized spacial score (nSPS) is 10.7. The maximum absolute atomic E-state index is 13.2. The molecule has 21 heavy (non-hydrogen) atoms. The summed E-state index contributed by atoms with van der Waals surface area (Å²) in [5, 5.41) is 2.82. The van der Waals surface area contributed by atoms with Gasteiger partial charge in [0.15, 0.2) is 0 Å². The molecule has 0 bridgehead atoms. The molecule has 0 saturated carbocycles. The smallest absolute Gasteiger partial charge is 0.252 e. The lowest BCUT2D eigenvalue weighted by Gasteiger charge is -2.10. The highest BCUT2D eigenvalue weighted by Crippen LogP contribution is 2.17. The van der Waals surface area contributed by atoms with Crippen LogP contribution in [0.25, 0.3) is 11.3 Å². The molecule has 0 saturated heterocycles. The van der Waals surface area contributed by atoms with Gasteiger partial charge in [-0.2, -0.15) is 0 Å². The van der Waals surface area contributed by atoms with E-state index in [-0.39, 0.29) is 11.7 Å². The topological polar surface area (TPSA) is 45.2 Å². The Kier molecular flexibility index (Phi) is 5.00. The largest absolute Gasteiger partial charge is 0.351 e. The van der Waals surface area contributed by atoms with E-state index in [1.54, 1.807) is 24.3 Å². The molecular formula is C16H18FN3O. The van der Waals surface area contributed by atoms with Gasteiger partial charge >= 0.3 is 0 Å². The monoisotopic (exact) mass is 287 g/mol. The third kappa shape index (κ3) is 4.36. The molecule has 1 amide bonds. The number of rotatable bonds is 5. The average Bonchev–Trinajstić information content (AvgIpc) is 2.47. The average molecular weight is 287 g/mol. The van der Waals surface area contributed by atoms with E-state index in [2.05, 4.69) is 10.3 Å². The van der Waals surface area contributed by atoms with Crippen LogP contribution in [0.1, 0.15) is 10.4 Å². The zero-order valence-corrected chi connectivity index (χ0v) is 12.1. The van der Waals surface area contributed by atoms with Gasteiger partial charge in [0.25, 0.3) is 5.91 Å². The van der Waals surface area contributed by atoms with Crippen molar-refractivity contribution >= 4 is 5.91 Å². The second-order valence-electron chi connectivity index (χ2n) is 5.00. The predicted octanol–water partition coefficient (Wildman–Crippen LogP) is 2.18. The van der Waals surface area contributed by atoms with E-state index >= 15 is 0 Å². The molecule has 0 aliphatic carbocycles. The first-order valence-corrected chi connectivity index (χ1v) is 6.71. The quantitative estimate of drug-likeness (QED) is 0.917. The van der Waals surface area contributed by atoms with Gasteiger partial charge in [0.2, 0.25) is 0 Å². The molecular weight excluding hydrogens is 269 g/mol. The highest BCUT2D eigenvalue weighted by atomic mass is 19.1. The van der Waals surface area contributed by atoms with Crippen molar-refractivity contribution < 1.29 is 9.18 Å². The van der Waals surface area contributed by atoms with Crippen LogP contribution in [0.4, 0.5) is 4.39 Å². The Balaban J connectivity index is 2.03. The fraction of sp³-hybridized carbons (Fsp3) is 0.250. The molecule has 1 aromatic heterocycles. The molecule has 0 aliphatic rings. The highest BCUT2D eigenvalue weighted by Gasteiger charge is 2.07. The minimum absolute atomic E-state index is 0.157. The summed E-state index contributed by atoms with van der Waals surface area (Å²) >= 11 is 0. The number of carbonyl (C=O) groups excluding carboxylic acids is 1. The van der Waals surface area contributed by atoms with Crippen LogP contribution in [0, 0.1) is 5.82 Å². The highest BCUT2D eigenvalue weighted by molar-refractivity contribution is 5.94. The Morgan fingerprint density at radius 1 is 1.29 bits per heavy atom. The molecule has 4 nitrogen and oxygen atoms in total. The molecule has 2 rings (SSSR count). The molecule has 0 unspecified atom stereocenters. The minimum Gasteiger partial charge on any atom is -0.351 e. The van der Waals surface area contributed by atoms with Crippen molar-refractivity contribution in [2.75, 3.05) is 27.2 Å². The predicted molar refractivity (Wildman–Crippen MR) is 80.5 cm³/mol. The van der Waals surface area contributed by atoms with E-state index in [4.69, 9.17) is 0 Å². The van der Waals surface area contributed by atoms with Crippen molar-refractivity contribution in [3.8, 4) is 11.3 Å². The molecule has 1 N–H and O–H groups in total. The molecule has 1 heterocycles. The van der Waals surface area contributed by atoms with E-state index in [1.165, 1.54) is 18.3 Å². The number of nitrogens with one attached hydrogen (secondary N) is 1. The Labute approximate surface area is 123 Å². The number of hydrogen-bond acceptors (Lipinski definition) is 3. The molecule has 0 fully saturated rings. The van der Waals surface area contributed by atoms with Crippen LogP contribution >= 0.6 is 0 Å².